The number of aryl methyl sites for hydroxylation is 1. The molecule has 7 heteroatoms. The van der Waals surface area contributed by atoms with Crippen LogP contribution >= 0.6 is 12.2 Å². The zero-order valence-electron chi connectivity index (χ0n) is 15.8. The minimum atomic E-state index is -0.240. The second-order valence-electron chi connectivity index (χ2n) is 6.58. The number of carbonyl (C=O) groups is 1. The Balaban J connectivity index is 1.40. The van der Waals surface area contributed by atoms with Crippen molar-refractivity contribution in [1.82, 2.24) is 9.78 Å². The van der Waals surface area contributed by atoms with Crippen molar-refractivity contribution in [2.45, 2.75) is 20.1 Å². The number of nitrogens with zero attached hydrogens (tertiary/aromatic N) is 2. The summed E-state index contributed by atoms with van der Waals surface area (Å²) in [6.45, 7) is 2.05. The van der Waals surface area contributed by atoms with Gasteiger partial charge in [0.2, 0.25) is 5.91 Å². The Kier molecular flexibility index (Phi) is 5.39. The van der Waals surface area contributed by atoms with Gasteiger partial charge in [-0.1, -0.05) is 48.5 Å². The molecule has 1 N–H and O–H groups in total. The molecule has 3 aromatic carbocycles. The number of anilines is 1. The first-order valence-electron chi connectivity index (χ1n) is 9.12. The van der Waals surface area contributed by atoms with Crippen LogP contribution in [-0.2, 0) is 17.9 Å². The summed E-state index contributed by atoms with van der Waals surface area (Å²) in [7, 11) is 0. The summed E-state index contributed by atoms with van der Waals surface area (Å²) in [5.74, 6) is 0.824. The topological polar surface area (TPSA) is 69.3 Å². The Hall–Kier alpha value is -3.45. The lowest BCUT2D eigenvalue weighted by Crippen LogP contribution is -2.19. The van der Waals surface area contributed by atoms with Crippen LogP contribution in [-0.4, -0.2) is 15.7 Å². The molecule has 0 fully saturated rings. The minimum Gasteiger partial charge on any atom is -0.484 e. The Morgan fingerprint density at radius 3 is 2.69 bits per heavy atom. The number of para-hydroxylation sites is 1. The fraction of sp³-hybridized carbons (Fsp3) is 0.136. The van der Waals surface area contributed by atoms with E-state index >= 15 is 0 Å². The lowest BCUT2D eigenvalue weighted by Gasteiger charge is -2.06. The van der Waals surface area contributed by atoms with E-state index < -0.39 is 0 Å². The van der Waals surface area contributed by atoms with Gasteiger partial charge in [0.1, 0.15) is 12.3 Å². The van der Waals surface area contributed by atoms with Crippen LogP contribution in [0.3, 0.4) is 0 Å². The van der Waals surface area contributed by atoms with Crippen molar-refractivity contribution in [3.63, 3.8) is 0 Å². The van der Waals surface area contributed by atoms with Crippen LogP contribution in [0.1, 0.15) is 11.5 Å². The largest absolute Gasteiger partial charge is 0.484 e. The van der Waals surface area contributed by atoms with E-state index in [1.54, 1.807) is 0 Å². The molecule has 4 aromatic rings. The molecule has 0 aliphatic rings. The molecule has 0 saturated carbocycles. The standard InChI is InChI=1S/C22H19N3O3S/c1-15-6-2-5-9-19(15)27-14-21-24-25(22(29)28-21)13-20(26)23-18-11-10-16-7-3-4-8-17(16)12-18/h2-12H,13-14H2,1H3,(H,23,26). The highest BCUT2D eigenvalue weighted by Gasteiger charge is 2.11. The van der Waals surface area contributed by atoms with Gasteiger partial charge in [-0.25, -0.2) is 4.68 Å². The molecule has 29 heavy (non-hydrogen) atoms. The van der Waals surface area contributed by atoms with Gasteiger partial charge in [0, 0.05) is 5.69 Å². The van der Waals surface area contributed by atoms with Gasteiger partial charge in [-0.15, -0.1) is 5.10 Å². The Bertz CT molecular complexity index is 1230. The fourth-order valence-corrected chi connectivity index (χ4v) is 3.17. The summed E-state index contributed by atoms with van der Waals surface area (Å²) in [6, 6.07) is 21.4. The van der Waals surface area contributed by atoms with E-state index in [4.69, 9.17) is 21.4 Å². The number of amides is 1. The molecular formula is C22H19N3O3S. The van der Waals surface area contributed by atoms with Crippen LogP contribution in [0.5, 0.6) is 5.75 Å². The van der Waals surface area contributed by atoms with Crippen LogP contribution in [0.4, 0.5) is 5.69 Å². The van der Waals surface area contributed by atoms with Crippen molar-refractivity contribution < 1.29 is 13.9 Å². The van der Waals surface area contributed by atoms with Gasteiger partial charge in [-0.3, -0.25) is 4.79 Å². The zero-order chi connectivity index (χ0) is 20.2. The second kappa shape index (κ2) is 8.28. The Morgan fingerprint density at radius 1 is 1.10 bits per heavy atom. The van der Waals surface area contributed by atoms with E-state index in [2.05, 4.69) is 10.4 Å². The number of nitrogens with one attached hydrogen (secondary N) is 1. The number of rotatable bonds is 6. The van der Waals surface area contributed by atoms with Gasteiger partial charge >= 0.3 is 0 Å². The van der Waals surface area contributed by atoms with E-state index in [0.29, 0.717) is 11.6 Å². The van der Waals surface area contributed by atoms with Gasteiger partial charge in [0.25, 0.3) is 10.7 Å². The molecule has 0 aliphatic heterocycles. The summed E-state index contributed by atoms with van der Waals surface area (Å²) in [6.07, 6.45) is 0. The molecule has 0 spiro atoms. The molecule has 0 radical (unpaired) electrons. The van der Waals surface area contributed by atoms with Gasteiger partial charge in [0.05, 0.1) is 0 Å². The van der Waals surface area contributed by atoms with Gasteiger partial charge in [-0.05, 0) is 53.7 Å². The summed E-state index contributed by atoms with van der Waals surface area (Å²) in [4.78, 5) is 12.5. The number of hydrogen-bond acceptors (Lipinski definition) is 5. The molecule has 0 bridgehead atoms. The minimum absolute atomic E-state index is 0.0421. The zero-order valence-corrected chi connectivity index (χ0v) is 16.6. The molecule has 146 valence electrons. The molecule has 1 heterocycles. The maximum Gasteiger partial charge on any atom is 0.287 e. The second-order valence-corrected chi connectivity index (χ2v) is 6.93. The number of carbonyl (C=O) groups excluding carboxylic acids is 1. The highest BCUT2D eigenvalue weighted by molar-refractivity contribution is 7.71. The van der Waals surface area contributed by atoms with E-state index in [0.717, 1.165) is 22.1 Å². The third kappa shape index (κ3) is 4.52. The average molecular weight is 405 g/mol. The number of aromatic nitrogens is 2. The first-order chi connectivity index (χ1) is 14.1. The van der Waals surface area contributed by atoms with Crippen LogP contribution in [0.25, 0.3) is 10.8 Å². The van der Waals surface area contributed by atoms with E-state index in [1.165, 1.54) is 4.68 Å². The van der Waals surface area contributed by atoms with Crippen molar-refractivity contribution in [2.24, 2.45) is 0 Å². The summed E-state index contributed by atoms with van der Waals surface area (Å²) in [5, 5.41) is 9.28. The molecule has 0 aliphatic carbocycles. The number of benzene rings is 3. The first-order valence-corrected chi connectivity index (χ1v) is 9.53. The Morgan fingerprint density at radius 2 is 1.86 bits per heavy atom. The fourth-order valence-electron chi connectivity index (χ4n) is 2.97. The van der Waals surface area contributed by atoms with Gasteiger partial charge < -0.3 is 14.5 Å². The number of ether oxygens (including phenoxy) is 1. The molecule has 1 aromatic heterocycles. The quantitative estimate of drug-likeness (QED) is 0.463. The van der Waals surface area contributed by atoms with Gasteiger partial charge in [0.15, 0.2) is 6.61 Å². The monoisotopic (exact) mass is 405 g/mol. The van der Waals surface area contributed by atoms with Crippen molar-refractivity contribution in [2.75, 3.05) is 5.32 Å². The van der Waals surface area contributed by atoms with Gasteiger partial charge in [-0.2, -0.15) is 0 Å². The third-order valence-electron chi connectivity index (χ3n) is 4.42. The average Bonchev–Trinajstić information content (AvgIpc) is 3.06. The highest BCUT2D eigenvalue weighted by atomic mass is 32.1. The van der Waals surface area contributed by atoms with Crippen LogP contribution in [0.2, 0.25) is 0 Å². The smallest absolute Gasteiger partial charge is 0.287 e. The molecule has 0 unspecified atom stereocenters. The summed E-state index contributed by atoms with van der Waals surface area (Å²) in [5.41, 5.74) is 1.73. The lowest BCUT2D eigenvalue weighted by atomic mass is 10.1. The third-order valence-corrected chi connectivity index (χ3v) is 4.71. The van der Waals surface area contributed by atoms with E-state index in [-0.39, 0.29) is 23.9 Å². The normalized spacial score (nSPS) is 10.8. The SMILES string of the molecule is Cc1ccccc1OCc1nn(CC(=O)Nc2ccc3ccccc3c2)c(=S)o1. The van der Waals surface area contributed by atoms with Crippen LogP contribution < -0.4 is 10.1 Å². The van der Waals surface area contributed by atoms with Crippen molar-refractivity contribution >= 4 is 34.6 Å². The molecule has 4 rings (SSSR count). The summed E-state index contributed by atoms with van der Waals surface area (Å²) >= 11 is 5.17. The highest BCUT2D eigenvalue weighted by Crippen LogP contribution is 2.19. The Labute approximate surface area is 172 Å². The molecular weight excluding hydrogens is 386 g/mol. The van der Waals surface area contributed by atoms with Crippen molar-refractivity contribution in [3.05, 3.63) is 83.0 Å². The van der Waals surface area contributed by atoms with Crippen molar-refractivity contribution in [1.29, 1.82) is 0 Å². The number of hydrogen-bond donors (Lipinski definition) is 1. The predicted octanol–water partition coefficient (Wildman–Crippen LogP) is 4.88. The predicted molar refractivity (Wildman–Crippen MR) is 113 cm³/mol. The van der Waals surface area contributed by atoms with Crippen LogP contribution in [0.15, 0.2) is 71.1 Å². The molecule has 6 nitrogen and oxygen atoms in total. The van der Waals surface area contributed by atoms with E-state index in [9.17, 15) is 4.79 Å². The molecule has 0 saturated heterocycles. The summed E-state index contributed by atoms with van der Waals surface area (Å²) < 4.78 is 12.5. The first kappa shape index (κ1) is 18.9. The maximum atomic E-state index is 12.4. The van der Waals surface area contributed by atoms with E-state index in [1.807, 2.05) is 73.7 Å². The molecule has 0 atom stereocenters. The number of fused-ring (bicyclic) bond motifs is 1. The maximum absolute atomic E-state index is 12.4. The van der Waals surface area contributed by atoms with Crippen molar-refractivity contribution in [3.8, 4) is 5.75 Å². The molecule has 1 amide bonds. The lowest BCUT2D eigenvalue weighted by molar-refractivity contribution is -0.117. The van der Waals surface area contributed by atoms with Crippen LogP contribution in [0, 0.1) is 11.8 Å².